The number of barbiturate groups is 1. The summed E-state index contributed by atoms with van der Waals surface area (Å²) in [5.74, 6) is -0.564. The van der Waals surface area contributed by atoms with E-state index in [0.717, 1.165) is 22.0 Å². The van der Waals surface area contributed by atoms with Gasteiger partial charge in [0.05, 0.1) is 6.54 Å². The molecule has 0 bridgehead atoms. The van der Waals surface area contributed by atoms with E-state index in [9.17, 15) is 14.4 Å². The minimum absolute atomic E-state index is 0.145. The summed E-state index contributed by atoms with van der Waals surface area (Å²) in [5, 5.41) is 9.08. The van der Waals surface area contributed by atoms with Gasteiger partial charge in [-0.15, -0.1) is 0 Å². The van der Waals surface area contributed by atoms with Gasteiger partial charge in [-0.3, -0.25) is 20.2 Å². The zero-order valence-corrected chi connectivity index (χ0v) is 17.0. The van der Waals surface area contributed by atoms with Crippen LogP contribution in [0.3, 0.4) is 0 Å². The molecule has 0 radical (unpaired) electrons. The number of imide groups is 2. The molecule has 9 heteroatoms. The Morgan fingerprint density at radius 1 is 1.00 bits per heavy atom. The summed E-state index contributed by atoms with van der Waals surface area (Å²) in [5.41, 5.74) is 3.35. The zero-order valence-electron chi connectivity index (χ0n) is 17.0. The Bertz CT molecular complexity index is 1390. The Morgan fingerprint density at radius 2 is 1.72 bits per heavy atom. The molecule has 1 fully saturated rings. The van der Waals surface area contributed by atoms with Crippen LogP contribution >= 0.6 is 0 Å². The van der Waals surface area contributed by atoms with Crippen LogP contribution in [-0.2, 0) is 16.1 Å². The third-order valence-electron chi connectivity index (χ3n) is 5.14. The van der Waals surface area contributed by atoms with Crippen LogP contribution in [0.5, 0.6) is 0 Å². The quantitative estimate of drug-likeness (QED) is 0.382. The van der Waals surface area contributed by atoms with E-state index < -0.39 is 17.8 Å². The smallest absolute Gasteiger partial charge is 0.328 e. The number of rotatable bonds is 4. The van der Waals surface area contributed by atoms with Crippen LogP contribution in [0.25, 0.3) is 28.4 Å². The molecule has 5 rings (SSSR count). The summed E-state index contributed by atoms with van der Waals surface area (Å²) in [4.78, 5) is 40.0. The molecule has 4 aromatic rings. The lowest BCUT2D eigenvalue weighted by Crippen LogP contribution is -2.51. The van der Waals surface area contributed by atoms with Crippen molar-refractivity contribution in [1.82, 2.24) is 25.3 Å². The summed E-state index contributed by atoms with van der Waals surface area (Å²) < 4.78 is 7.33. The van der Waals surface area contributed by atoms with Crippen LogP contribution in [0.4, 0.5) is 4.79 Å². The maximum Gasteiger partial charge on any atom is 0.328 e. The van der Waals surface area contributed by atoms with Crippen molar-refractivity contribution in [1.29, 1.82) is 0 Å². The summed E-state index contributed by atoms with van der Waals surface area (Å²) in [6.45, 7) is 2.33. The van der Waals surface area contributed by atoms with E-state index >= 15 is 0 Å². The van der Waals surface area contributed by atoms with Crippen LogP contribution in [0.2, 0.25) is 0 Å². The van der Waals surface area contributed by atoms with Crippen molar-refractivity contribution in [2.45, 2.75) is 13.5 Å². The largest absolute Gasteiger partial charge is 0.339 e. The van der Waals surface area contributed by atoms with Gasteiger partial charge in [0.25, 0.3) is 17.7 Å². The number of para-hydroxylation sites is 1. The van der Waals surface area contributed by atoms with Crippen molar-refractivity contribution >= 4 is 34.8 Å². The molecule has 1 saturated heterocycles. The van der Waals surface area contributed by atoms with Crippen LogP contribution < -0.4 is 10.6 Å². The molecule has 0 spiro atoms. The van der Waals surface area contributed by atoms with Crippen molar-refractivity contribution in [3.8, 4) is 11.5 Å². The van der Waals surface area contributed by atoms with E-state index in [1.807, 2.05) is 60.0 Å². The van der Waals surface area contributed by atoms with E-state index in [1.54, 1.807) is 6.20 Å². The molecule has 9 nitrogen and oxygen atoms in total. The number of benzene rings is 2. The minimum atomic E-state index is -0.832. The van der Waals surface area contributed by atoms with Crippen molar-refractivity contribution in [2.24, 2.45) is 0 Å². The monoisotopic (exact) mass is 427 g/mol. The van der Waals surface area contributed by atoms with Crippen LogP contribution in [0.1, 0.15) is 17.0 Å². The number of carbonyl (C=O) groups excluding carboxylic acids is 3. The third kappa shape index (κ3) is 3.56. The summed E-state index contributed by atoms with van der Waals surface area (Å²) >= 11 is 0. The van der Waals surface area contributed by atoms with E-state index in [4.69, 9.17) is 4.52 Å². The fourth-order valence-electron chi connectivity index (χ4n) is 3.57. The van der Waals surface area contributed by atoms with Crippen LogP contribution in [0.15, 0.2) is 64.8 Å². The predicted molar refractivity (Wildman–Crippen MR) is 115 cm³/mol. The minimum Gasteiger partial charge on any atom is -0.339 e. The topological polar surface area (TPSA) is 119 Å². The highest BCUT2D eigenvalue weighted by Gasteiger charge is 2.28. The highest BCUT2D eigenvalue weighted by molar-refractivity contribution is 6.31. The molecule has 2 aromatic heterocycles. The molecule has 2 aromatic carbocycles. The fraction of sp³-hybridized carbons (Fsp3) is 0.0870. The highest BCUT2D eigenvalue weighted by Crippen LogP contribution is 2.25. The second-order valence-corrected chi connectivity index (χ2v) is 7.41. The molecule has 4 amide bonds. The van der Waals surface area contributed by atoms with Crippen molar-refractivity contribution < 1.29 is 18.9 Å². The van der Waals surface area contributed by atoms with Gasteiger partial charge in [0.2, 0.25) is 0 Å². The Hall–Kier alpha value is -4.53. The molecule has 32 heavy (non-hydrogen) atoms. The average molecular weight is 427 g/mol. The Morgan fingerprint density at radius 3 is 2.47 bits per heavy atom. The molecule has 0 aliphatic carbocycles. The van der Waals surface area contributed by atoms with Gasteiger partial charge in [0, 0.05) is 28.2 Å². The van der Waals surface area contributed by atoms with Crippen LogP contribution in [0, 0.1) is 6.92 Å². The average Bonchev–Trinajstić information content (AvgIpc) is 3.37. The second kappa shape index (κ2) is 7.62. The molecular formula is C23H17N5O4. The number of hydrogen-bond donors (Lipinski definition) is 2. The van der Waals surface area contributed by atoms with Crippen molar-refractivity contribution in [3.05, 3.63) is 77.3 Å². The molecule has 0 atom stereocenters. The van der Waals surface area contributed by atoms with Gasteiger partial charge in [-0.25, -0.2) is 4.79 Å². The molecule has 1 aliphatic rings. The first-order valence-electron chi connectivity index (χ1n) is 9.84. The Labute approximate surface area is 181 Å². The predicted octanol–water partition coefficient (Wildman–Crippen LogP) is 2.80. The van der Waals surface area contributed by atoms with Gasteiger partial charge in [0.1, 0.15) is 5.57 Å². The molecule has 0 unspecified atom stereocenters. The number of aryl methyl sites for hydroxylation is 1. The van der Waals surface area contributed by atoms with E-state index in [0.29, 0.717) is 23.8 Å². The van der Waals surface area contributed by atoms with E-state index in [-0.39, 0.29) is 5.57 Å². The Kier molecular flexibility index (Phi) is 4.63. The number of urea groups is 1. The molecular weight excluding hydrogens is 410 g/mol. The lowest BCUT2D eigenvalue weighted by molar-refractivity contribution is -0.123. The number of nitrogens with one attached hydrogen (secondary N) is 2. The van der Waals surface area contributed by atoms with Gasteiger partial charge >= 0.3 is 6.03 Å². The lowest BCUT2D eigenvalue weighted by atomic mass is 10.1. The zero-order chi connectivity index (χ0) is 22.2. The van der Waals surface area contributed by atoms with Crippen molar-refractivity contribution in [3.63, 3.8) is 0 Å². The van der Waals surface area contributed by atoms with Gasteiger partial charge in [-0.05, 0) is 31.2 Å². The fourth-order valence-corrected chi connectivity index (χ4v) is 3.57. The molecule has 0 saturated carbocycles. The van der Waals surface area contributed by atoms with E-state index in [2.05, 4.69) is 20.8 Å². The number of aromatic nitrogens is 3. The number of hydrogen-bond acceptors (Lipinski definition) is 6. The molecule has 3 heterocycles. The van der Waals surface area contributed by atoms with Gasteiger partial charge < -0.3 is 9.09 Å². The highest BCUT2D eigenvalue weighted by atomic mass is 16.5. The number of carbonyl (C=O) groups is 3. The normalized spacial score (nSPS) is 13.9. The van der Waals surface area contributed by atoms with Crippen molar-refractivity contribution in [2.75, 3.05) is 0 Å². The molecule has 1 aliphatic heterocycles. The molecule has 2 N–H and O–H groups in total. The maximum absolute atomic E-state index is 12.1. The van der Waals surface area contributed by atoms with Gasteiger partial charge in [-0.1, -0.05) is 41.1 Å². The Balaban J connectivity index is 1.49. The lowest BCUT2D eigenvalue weighted by Gasteiger charge is -2.13. The number of amides is 4. The van der Waals surface area contributed by atoms with Gasteiger partial charge in [-0.2, -0.15) is 4.98 Å². The molecule has 158 valence electrons. The first-order chi connectivity index (χ1) is 15.5. The number of fused-ring (bicyclic) bond motifs is 1. The maximum atomic E-state index is 12.1. The third-order valence-corrected chi connectivity index (χ3v) is 5.14. The number of nitrogens with zero attached hydrogens (tertiary/aromatic N) is 3. The first-order valence-corrected chi connectivity index (χ1v) is 9.84. The van der Waals surface area contributed by atoms with Gasteiger partial charge in [0.15, 0.2) is 5.82 Å². The SMILES string of the molecule is Cc1ccc(-c2nc(Cn3cc(C=C4C(=O)NC(=O)NC4=O)c4ccccc43)no2)cc1. The first kappa shape index (κ1) is 19.4. The second-order valence-electron chi connectivity index (χ2n) is 7.41. The van der Waals surface area contributed by atoms with Crippen LogP contribution in [-0.4, -0.2) is 32.6 Å². The summed E-state index contributed by atoms with van der Waals surface area (Å²) in [6.07, 6.45) is 3.26. The summed E-state index contributed by atoms with van der Waals surface area (Å²) in [7, 11) is 0. The van der Waals surface area contributed by atoms with E-state index in [1.165, 1.54) is 6.08 Å². The summed E-state index contributed by atoms with van der Waals surface area (Å²) in [6, 6.07) is 14.5. The standard InChI is InChI=1S/C23H17N5O4/c1-13-6-8-14(9-7-13)22-24-19(27-32-22)12-28-11-15(16-4-2-3-5-18(16)28)10-17-20(29)25-23(31)26-21(17)30/h2-11H,12H2,1H3,(H2,25,26,29,30,31).